The number of nitro benzene ring substituents is 1. The van der Waals surface area contributed by atoms with Crippen LogP contribution in [0.3, 0.4) is 0 Å². The molecule has 2 aliphatic heterocycles. The van der Waals surface area contributed by atoms with Crippen molar-refractivity contribution in [3.05, 3.63) is 39.9 Å². The number of nitrogens with zero attached hydrogens (tertiary/aromatic N) is 2. The van der Waals surface area contributed by atoms with E-state index in [-0.39, 0.29) is 40.8 Å². The van der Waals surface area contributed by atoms with Crippen molar-refractivity contribution in [2.75, 3.05) is 23.0 Å². The molecule has 1 N–H and O–H groups in total. The van der Waals surface area contributed by atoms with Crippen LogP contribution in [0.25, 0.3) is 0 Å². The van der Waals surface area contributed by atoms with Crippen LogP contribution in [0, 0.1) is 10.1 Å². The first kappa shape index (κ1) is 19.2. The van der Waals surface area contributed by atoms with E-state index in [2.05, 4.69) is 5.43 Å². The lowest BCUT2D eigenvalue weighted by molar-refractivity contribution is -0.384. The molecule has 0 amide bonds. The molecule has 3 rings (SSSR count). The number of nitrogens with one attached hydrogen (secondary N) is 1. The summed E-state index contributed by atoms with van der Waals surface area (Å²) in [7, 11) is -6.15. The Kier molecular flexibility index (Phi) is 5.33. The van der Waals surface area contributed by atoms with Crippen LogP contribution in [0.5, 0.6) is 0 Å². The van der Waals surface area contributed by atoms with Gasteiger partial charge in [0, 0.05) is 30.8 Å². The smallest absolute Gasteiger partial charge is 0.258 e. The Morgan fingerprint density at radius 1 is 1.04 bits per heavy atom. The molecule has 2 fully saturated rings. The highest BCUT2D eigenvalue weighted by Crippen LogP contribution is 2.21. The van der Waals surface area contributed by atoms with Gasteiger partial charge in [-0.25, -0.2) is 21.8 Å². The van der Waals surface area contributed by atoms with Gasteiger partial charge in [-0.3, -0.25) is 15.5 Å². The normalized spacial score (nSPS) is 27.0. The molecule has 1 aromatic carbocycles. The monoisotopic (exact) mass is 403 g/mol. The summed E-state index contributed by atoms with van der Waals surface area (Å²) in [5.41, 5.74) is 3.96. The highest BCUT2D eigenvalue weighted by Gasteiger charge is 2.35. The first-order valence-electron chi connectivity index (χ1n) is 8.30. The second kappa shape index (κ2) is 7.22. The molecule has 0 spiro atoms. The number of hydrogen-bond acceptors (Lipinski definition) is 8. The third-order valence-electron chi connectivity index (χ3n) is 4.73. The molecule has 0 saturated carbocycles. The number of hydrazine groups is 1. The average molecular weight is 403 g/mol. The van der Waals surface area contributed by atoms with E-state index in [1.54, 1.807) is 17.1 Å². The van der Waals surface area contributed by atoms with Crippen molar-refractivity contribution >= 4 is 25.4 Å². The highest BCUT2D eigenvalue weighted by atomic mass is 32.2. The number of benzene rings is 1. The van der Waals surface area contributed by atoms with Crippen molar-refractivity contribution in [3.8, 4) is 0 Å². The zero-order valence-corrected chi connectivity index (χ0v) is 15.7. The number of non-ortho nitro benzene ring substituents is 1. The van der Waals surface area contributed by atoms with Gasteiger partial charge in [-0.1, -0.05) is 12.1 Å². The zero-order valence-electron chi connectivity index (χ0n) is 14.1. The Balaban J connectivity index is 1.75. The third kappa shape index (κ3) is 4.78. The van der Waals surface area contributed by atoms with Gasteiger partial charge in [-0.05, 0) is 18.4 Å². The van der Waals surface area contributed by atoms with Gasteiger partial charge in [0.1, 0.15) is 0 Å². The van der Waals surface area contributed by atoms with E-state index in [1.807, 2.05) is 0 Å². The van der Waals surface area contributed by atoms with Crippen molar-refractivity contribution in [3.63, 3.8) is 0 Å². The van der Waals surface area contributed by atoms with Gasteiger partial charge in [-0.2, -0.15) is 0 Å². The van der Waals surface area contributed by atoms with Crippen LogP contribution in [-0.4, -0.2) is 61.9 Å². The maximum atomic E-state index is 11.8. The molecular weight excluding hydrogens is 382 g/mol. The molecule has 0 unspecified atom stereocenters. The van der Waals surface area contributed by atoms with Crippen LogP contribution in [-0.2, 0) is 26.2 Å². The van der Waals surface area contributed by atoms with E-state index >= 15 is 0 Å². The summed E-state index contributed by atoms with van der Waals surface area (Å²) in [6.07, 6.45) is 0.959. The summed E-state index contributed by atoms with van der Waals surface area (Å²) in [6.45, 7) is 0.342. The summed E-state index contributed by atoms with van der Waals surface area (Å²) < 4.78 is 47.0. The number of hydrogen-bond donors (Lipinski definition) is 1. The minimum atomic E-state index is -3.10. The Hall–Kier alpha value is -1.56. The van der Waals surface area contributed by atoms with Crippen LogP contribution in [0.4, 0.5) is 5.69 Å². The largest absolute Gasteiger partial charge is 0.269 e. The Bertz CT molecular complexity index is 882. The fourth-order valence-electron chi connectivity index (χ4n) is 3.35. The molecule has 2 heterocycles. The Morgan fingerprint density at radius 2 is 1.65 bits per heavy atom. The van der Waals surface area contributed by atoms with Crippen LogP contribution in [0.1, 0.15) is 18.4 Å². The van der Waals surface area contributed by atoms with E-state index in [1.165, 1.54) is 12.1 Å². The van der Waals surface area contributed by atoms with Gasteiger partial charge in [0.25, 0.3) is 5.69 Å². The fraction of sp³-hybridized carbons (Fsp3) is 0.600. The molecule has 144 valence electrons. The Labute approximate surface area is 152 Å². The summed E-state index contributed by atoms with van der Waals surface area (Å²) >= 11 is 0. The molecule has 9 nitrogen and oxygen atoms in total. The van der Waals surface area contributed by atoms with Crippen LogP contribution >= 0.6 is 0 Å². The molecule has 26 heavy (non-hydrogen) atoms. The predicted octanol–water partition coefficient (Wildman–Crippen LogP) is 0.276. The first-order chi connectivity index (χ1) is 12.1. The fourth-order valence-corrected chi connectivity index (χ4v) is 6.75. The van der Waals surface area contributed by atoms with Gasteiger partial charge in [0.15, 0.2) is 19.7 Å². The number of sulfone groups is 2. The summed E-state index contributed by atoms with van der Waals surface area (Å²) in [6, 6.07) is 5.56. The van der Waals surface area contributed by atoms with Crippen LogP contribution < -0.4 is 5.43 Å². The lowest BCUT2D eigenvalue weighted by Gasteiger charge is -2.31. The van der Waals surface area contributed by atoms with Crippen molar-refractivity contribution in [1.29, 1.82) is 0 Å². The number of rotatable bonds is 6. The molecule has 0 aromatic heterocycles. The van der Waals surface area contributed by atoms with Gasteiger partial charge >= 0.3 is 0 Å². The van der Waals surface area contributed by atoms with Gasteiger partial charge < -0.3 is 0 Å². The SMILES string of the molecule is O=[N+]([O-])c1ccc(CN(N[C@H]2CCS(=O)(=O)C2)[C@@H]2CCS(=O)(=O)C2)cc1. The van der Waals surface area contributed by atoms with Gasteiger partial charge in [0.05, 0.1) is 27.9 Å². The molecule has 2 atom stereocenters. The molecule has 2 aliphatic rings. The first-order valence-corrected chi connectivity index (χ1v) is 11.9. The molecule has 11 heteroatoms. The van der Waals surface area contributed by atoms with E-state index in [9.17, 15) is 26.9 Å². The van der Waals surface area contributed by atoms with E-state index in [0.29, 0.717) is 19.4 Å². The molecule has 0 radical (unpaired) electrons. The van der Waals surface area contributed by atoms with E-state index in [0.717, 1.165) is 5.56 Å². The Morgan fingerprint density at radius 3 is 2.15 bits per heavy atom. The molecule has 0 aliphatic carbocycles. The highest BCUT2D eigenvalue weighted by molar-refractivity contribution is 7.91. The van der Waals surface area contributed by atoms with Crippen LogP contribution in [0.15, 0.2) is 24.3 Å². The van der Waals surface area contributed by atoms with E-state index in [4.69, 9.17) is 0 Å². The van der Waals surface area contributed by atoms with Gasteiger partial charge in [-0.15, -0.1) is 0 Å². The predicted molar refractivity (Wildman–Crippen MR) is 95.9 cm³/mol. The molecule has 1 aromatic rings. The maximum Gasteiger partial charge on any atom is 0.269 e. The van der Waals surface area contributed by atoms with Crippen LogP contribution in [0.2, 0.25) is 0 Å². The lowest BCUT2D eigenvalue weighted by atomic mass is 10.1. The summed E-state index contributed by atoms with van der Waals surface area (Å²) in [4.78, 5) is 10.3. The lowest BCUT2D eigenvalue weighted by Crippen LogP contribution is -2.50. The second-order valence-corrected chi connectivity index (χ2v) is 11.3. The number of nitro groups is 1. The zero-order chi connectivity index (χ0) is 18.9. The minimum absolute atomic E-state index is 0.0152. The standard InChI is InChI=1S/C15H21N3O6S2/c19-18(20)14-3-1-12(2-4-14)9-17(15-6-8-26(23,24)11-15)16-13-5-7-25(21,22)10-13/h1-4,13,15-16H,5-11H2/t13-,15+/m0/s1. The molecule has 2 saturated heterocycles. The third-order valence-corrected chi connectivity index (χ3v) is 8.25. The topological polar surface area (TPSA) is 127 Å². The van der Waals surface area contributed by atoms with Crippen molar-refractivity contribution < 1.29 is 21.8 Å². The summed E-state index contributed by atoms with van der Waals surface area (Å²) in [5.74, 6) is 0.285. The average Bonchev–Trinajstić information content (AvgIpc) is 3.08. The molecular formula is C15H21N3O6S2. The maximum absolute atomic E-state index is 11.8. The van der Waals surface area contributed by atoms with Crippen molar-refractivity contribution in [2.45, 2.75) is 31.5 Å². The van der Waals surface area contributed by atoms with Crippen molar-refractivity contribution in [1.82, 2.24) is 10.4 Å². The van der Waals surface area contributed by atoms with Gasteiger partial charge in [0.2, 0.25) is 0 Å². The quantitative estimate of drug-likeness (QED) is 0.530. The second-order valence-electron chi connectivity index (χ2n) is 6.84. The minimum Gasteiger partial charge on any atom is -0.258 e. The summed E-state index contributed by atoms with van der Waals surface area (Å²) in [5, 5.41) is 12.6. The van der Waals surface area contributed by atoms with Crippen molar-refractivity contribution in [2.24, 2.45) is 0 Å². The van der Waals surface area contributed by atoms with E-state index < -0.39 is 24.6 Å². The molecule has 0 bridgehead atoms.